The van der Waals surface area contributed by atoms with Gasteiger partial charge in [-0.2, -0.15) is 0 Å². The number of aromatic nitrogens is 2. The first-order valence-electron chi connectivity index (χ1n) is 5.65. The summed E-state index contributed by atoms with van der Waals surface area (Å²) < 4.78 is 13.8. The molecule has 1 aliphatic rings. The molecule has 94 valence electrons. The van der Waals surface area contributed by atoms with Gasteiger partial charge in [-0.25, -0.2) is 20.2 Å². The summed E-state index contributed by atoms with van der Waals surface area (Å²) in [6.07, 6.45) is 3.40. The Morgan fingerprint density at radius 2 is 1.94 bits per heavy atom. The van der Waals surface area contributed by atoms with Crippen LogP contribution in [-0.2, 0) is 0 Å². The fourth-order valence-corrected chi connectivity index (χ4v) is 2.14. The number of hydrogen-bond donors (Lipinski definition) is 3. The van der Waals surface area contributed by atoms with Crippen LogP contribution in [0.1, 0.15) is 25.7 Å². The van der Waals surface area contributed by atoms with Crippen LogP contribution in [0, 0.1) is 0 Å². The molecule has 7 heteroatoms. The van der Waals surface area contributed by atoms with Crippen LogP contribution < -0.4 is 22.3 Å². The van der Waals surface area contributed by atoms with Crippen molar-refractivity contribution < 1.29 is 4.39 Å². The summed E-state index contributed by atoms with van der Waals surface area (Å²) in [6, 6.07) is -0.389. The molecule has 2 rings (SSSR count). The minimum absolute atomic E-state index is 0.164. The van der Waals surface area contributed by atoms with E-state index < -0.39 is 6.17 Å². The van der Waals surface area contributed by atoms with Gasteiger partial charge in [0.05, 0.1) is 6.04 Å². The molecule has 0 saturated heterocycles. The summed E-state index contributed by atoms with van der Waals surface area (Å²) in [5, 5.41) is 1.29. The monoisotopic (exact) mass is 240 g/mol. The Morgan fingerprint density at radius 3 is 2.65 bits per heavy atom. The standard InChI is InChI=1S/C10H17FN6/c11-6-3-1-2-4-7(6)17(14)10-8(12)9(13)15-5-16-10/h5-7H,1-4,12,14H2,(H2,13,15,16). The minimum atomic E-state index is -0.954. The van der Waals surface area contributed by atoms with E-state index in [9.17, 15) is 4.39 Å². The van der Waals surface area contributed by atoms with E-state index in [-0.39, 0.29) is 17.5 Å². The molecule has 0 bridgehead atoms. The molecule has 1 aromatic heterocycles. The molecule has 1 aliphatic carbocycles. The van der Waals surface area contributed by atoms with E-state index in [0.717, 1.165) is 12.8 Å². The Morgan fingerprint density at radius 1 is 1.24 bits per heavy atom. The zero-order valence-corrected chi connectivity index (χ0v) is 9.51. The number of nitrogens with zero attached hydrogens (tertiary/aromatic N) is 3. The van der Waals surface area contributed by atoms with Crippen molar-refractivity contribution in [3.05, 3.63) is 6.33 Å². The van der Waals surface area contributed by atoms with E-state index >= 15 is 0 Å². The first-order valence-corrected chi connectivity index (χ1v) is 5.65. The van der Waals surface area contributed by atoms with Crippen LogP contribution in [0.4, 0.5) is 21.7 Å². The predicted molar refractivity (Wildman–Crippen MR) is 64.7 cm³/mol. The van der Waals surface area contributed by atoms with Crippen molar-refractivity contribution in [2.75, 3.05) is 16.5 Å². The molecule has 0 amide bonds. The molecule has 0 aromatic carbocycles. The molecule has 0 spiro atoms. The Labute approximate surface area is 99.0 Å². The number of halogens is 1. The highest BCUT2D eigenvalue weighted by molar-refractivity contribution is 5.72. The summed E-state index contributed by atoms with van der Waals surface area (Å²) in [4.78, 5) is 7.72. The molecule has 1 saturated carbocycles. The van der Waals surface area contributed by atoms with E-state index in [0.29, 0.717) is 18.7 Å². The number of anilines is 3. The summed E-state index contributed by atoms with van der Waals surface area (Å²) in [5.41, 5.74) is 11.5. The zero-order chi connectivity index (χ0) is 12.4. The van der Waals surface area contributed by atoms with Gasteiger partial charge in [0.1, 0.15) is 18.2 Å². The highest BCUT2D eigenvalue weighted by Gasteiger charge is 2.30. The number of hydrazine groups is 1. The minimum Gasteiger partial charge on any atom is -0.393 e. The fraction of sp³-hybridized carbons (Fsp3) is 0.600. The highest BCUT2D eigenvalue weighted by atomic mass is 19.1. The predicted octanol–water partition coefficient (Wildman–Crippen LogP) is 0.602. The van der Waals surface area contributed by atoms with Gasteiger partial charge >= 0.3 is 0 Å². The maximum atomic E-state index is 13.8. The van der Waals surface area contributed by atoms with E-state index in [2.05, 4.69) is 9.97 Å². The highest BCUT2D eigenvalue weighted by Crippen LogP contribution is 2.30. The molecule has 1 aromatic rings. The number of nitrogen functional groups attached to an aromatic ring is 2. The van der Waals surface area contributed by atoms with E-state index in [1.807, 2.05) is 0 Å². The Balaban J connectivity index is 2.23. The molecule has 2 unspecified atom stereocenters. The third kappa shape index (κ3) is 2.23. The summed E-state index contributed by atoms with van der Waals surface area (Å²) in [5.74, 6) is 6.36. The normalized spacial score (nSPS) is 24.6. The smallest absolute Gasteiger partial charge is 0.171 e. The number of hydrogen-bond acceptors (Lipinski definition) is 6. The third-order valence-corrected chi connectivity index (χ3v) is 3.14. The van der Waals surface area contributed by atoms with Crippen molar-refractivity contribution in [1.82, 2.24) is 9.97 Å². The summed E-state index contributed by atoms with van der Waals surface area (Å²) in [6.45, 7) is 0. The molecular formula is C10H17FN6. The van der Waals surface area contributed by atoms with Crippen LogP contribution in [0.3, 0.4) is 0 Å². The van der Waals surface area contributed by atoms with Crippen molar-refractivity contribution in [2.24, 2.45) is 5.84 Å². The second-order valence-electron chi connectivity index (χ2n) is 4.27. The van der Waals surface area contributed by atoms with Crippen LogP contribution in [-0.4, -0.2) is 22.2 Å². The van der Waals surface area contributed by atoms with Gasteiger partial charge < -0.3 is 11.5 Å². The van der Waals surface area contributed by atoms with Crippen LogP contribution >= 0.6 is 0 Å². The topological polar surface area (TPSA) is 107 Å². The molecule has 0 aliphatic heterocycles. The van der Waals surface area contributed by atoms with Gasteiger partial charge in [-0.3, -0.25) is 5.01 Å². The van der Waals surface area contributed by atoms with Crippen molar-refractivity contribution in [2.45, 2.75) is 37.9 Å². The van der Waals surface area contributed by atoms with Gasteiger partial charge in [-0.1, -0.05) is 12.8 Å². The van der Waals surface area contributed by atoms with E-state index in [1.54, 1.807) is 0 Å². The number of rotatable bonds is 2. The molecule has 6 N–H and O–H groups in total. The molecule has 1 heterocycles. The fourth-order valence-electron chi connectivity index (χ4n) is 2.14. The van der Waals surface area contributed by atoms with Gasteiger partial charge in [0.15, 0.2) is 11.6 Å². The van der Waals surface area contributed by atoms with Crippen LogP contribution in [0.25, 0.3) is 0 Å². The number of alkyl halides is 1. The third-order valence-electron chi connectivity index (χ3n) is 3.14. The molecule has 0 radical (unpaired) electrons. The largest absolute Gasteiger partial charge is 0.393 e. The van der Waals surface area contributed by atoms with Crippen molar-refractivity contribution in [3.8, 4) is 0 Å². The van der Waals surface area contributed by atoms with Crippen LogP contribution in [0.15, 0.2) is 6.33 Å². The van der Waals surface area contributed by atoms with Gasteiger partial charge in [-0.15, -0.1) is 0 Å². The second-order valence-corrected chi connectivity index (χ2v) is 4.27. The van der Waals surface area contributed by atoms with Crippen molar-refractivity contribution >= 4 is 17.3 Å². The van der Waals surface area contributed by atoms with E-state index in [4.69, 9.17) is 17.3 Å². The SMILES string of the molecule is Nc1ncnc(N(N)C2CCCCC2F)c1N. The van der Waals surface area contributed by atoms with Gasteiger partial charge in [0.25, 0.3) is 0 Å². The van der Waals surface area contributed by atoms with E-state index in [1.165, 1.54) is 11.3 Å². The van der Waals surface area contributed by atoms with Gasteiger partial charge in [0.2, 0.25) is 0 Å². The average Bonchev–Trinajstić information content (AvgIpc) is 2.32. The van der Waals surface area contributed by atoms with Gasteiger partial charge in [-0.05, 0) is 12.8 Å². The lowest BCUT2D eigenvalue weighted by atomic mass is 9.93. The Bertz CT molecular complexity index is 398. The van der Waals surface area contributed by atoms with Crippen LogP contribution in [0.5, 0.6) is 0 Å². The maximum Gasteiger partial charge on any atom is 0.171 e. The summed E-state index contributed by atoms with van der Waals surface area (Å²) >= 11 is 0. The van der Waals surface area contributed by atoms with Gasteiger partial charge in [0, 0.05) is 0 Å². The number of nitrogens with two attached hydrogens (primary N) is 3. The Hall–Kier alpha value is -1.63. The zero-order valence-electron chi connectivity index (χ0n) is 9.51. The quantitative estimate of drug-likeness (QED) is 0.516. The molecule has 1 fully saturated rings. The first kappa shape index (κ1) is 11.8. The maximum absolute atomic E-state index is 13.8. The van der Waals surface area contributed by atoms with Crippen molar-refractivity contribution in [1.29, 1.82) is 0 Å². The lowest BCUT2D eigenvalue weighted by Gasteiger charge is -2.34. The molecule has 17 heavy (non-hydrogen) atoms. The lowest BCUT2D eigenvalue weighted by molar-refractivity contribution is 0.209. The first-order chi connectivity index (χ1) is 8.11. The molecule has 2 atom stereocenters. The lowest BCUT2D eigenvalue weighted by Crippen LogP contribution is -2.49. The molecule has 6 nitrogen and oxygen atoms in total. The molecular weight excluding hydrogens is 223 g/mol. The van der Waals surface area contributed by atoms with Crippen LogP contribution in [0.2, 0.25) is 0 Å². The Kier molecular flexibility index (Phi) is 3.28. The van der Waals surface area contributed by atoms with Crippen molar-refractivity contribution in [3.63, 3.8) is 0 Å². The second kappa shape index (κ2) is 4.70. The summed E-state index contributed by atoms with van der Waals surface area (Å²) in [7, 11) is 0. The average molecular weight is 240 g/mol.